The standard InChI is InChI=1S/C2H2F3O2/c3-2(4,5)1-7-6/h1H2. The zero-order valence-corrected chi connectivity index (χ0v) is 3.16. The second-order valence-corrected chi connectivity index (χ2v) is 0.877. The van der Waals surface area contributed by atoms with Crippen molar-refractivity contribution in [1.82, 2.24) is 0 Å². The summed E-state index contributed by atoms with van der Waals surface area (Å²) in [5.74, 6) is 0. The van der Waals surface area contributed by atoms with E-state index in [-0.39, 0.29) is 0 Å². The molecule has 7 heavy (non-hydrogen) atoms. The summed E-state index contributed by atoms with van der Waals surface area (Å²) in [5.41, 5.74) is 0. The molecular formula is C2H2F3O2. The lowest BCUT2D eigenvalue weighted by Crippen LogP contribution is -2.14. The molecule has 0 bridgehead atoms. The van der Waals surface area contributed by atoms with Crippen molar-refractivity contribution >= 4 is 0 Å². The first-order chi connectivity index (χ1) is 3.06. The van der Waals surface area contributed by atoms with Gasteiger partial charge in [-0.05, 0) is 5.26 Å². The Bertz CT molecular complexity index is 49.4. The van der Waals surface area contributed by atoms with E-state index in [1.54, 1.807) is 0 Å². The van der Waals surface area contributed by atoms with Crippen LogP contribution in [0, 0.1) is 0 Å². The van der Waals surface area contributed by atoms with Crippen LogP contribution in [0.25, 0.3) is 0 Å². The quantitative estimate of drug-likeness (QED) is 0.369. The maximum Gasteiger partial charge on any atom is 0.415 e. The Morgan fingerprint density at radius 2 is 1.86 bits per heavy atom. The SMILES string of the molecule is [O]OCC(F)(F)F. The van der Waals surface area contributed by atoms with Crippen molar-refractivity contribution in [3.63, 3.8) is 0 Å². The van der Waals surface area contributed by atoms with Gasteiger partial charge in [-0.3, -0.25) is 0 Å². The van der Waals surface area contributed by atoms with Gasteiger partial charge in [0.15, 0.2) is 6.61 Å². The minimum atomic E-state index is -4.48. The van der Waals surface area contributed by atoms with Gasteiger partial charge in [0.05, 0.1) is 0 Å². The van der Waals surface area contributed by atoms with E-state index >= 15 is 0 Å². The molecular weight excluding hydrogens is 113 g/mol. The molecule has 0 unspecified atom stereocenters. The molecule has 0 rings (SSSR count). The lowest BCUT2D eigenvalue weighted by molar-refractivity contribution is -0.349. The summed E-state index contributed by atoms with van der Waals surface area (Å²) in [7, 11) is 0. The minimum absolute atomic E-state index is 1.72. The second-order valence-electron chi connectivity index (χ2n) is 0.877. The highest BCUT2D eigenvalue weighted by atomic mass is 19.4. The predicted octanol–water partition coefficient (Wildman–Crippen LogP) is 0.911. The molecule has 43 valence electrons. The molecule has 0 saturated heterocycles. The average Bonchev–Trinajstić information content (AvgIpc) is 1.30. The van der Waals surface area contributed by atoms with E-state index < -0.39 is 12.8 Å². The average molecular weight is 115 g/mol. The second kappa shape index (κ2) is 2.13. The molecule has 5 heteroatoms. The minimum Gasteiger partial charge on any atom is -0.194 e. The Morgan fingerprint density at radius 1 is 1.43 bits per heavy atom. The van der Waals surface area contributed by atoms with E-state index in [1.807, 2.05) is 0 Å². The fourth-order valence-corrected chi connectivity index (χ4v) is 0.0668. The molecule has 1 radical (unpaired) electrons. The van der Waals surface area contributed by atoms with Gasteiger partial charge < -0.3 is 0 Å². The van der Waals surface area contributed by atoms with Crippen LogP contribution in [0.2, 0.25) is 0 Å². The Labute approximate surface area is 37.4 Å². The highest BCUT2D eigenvalue weighted by Crippen LogP contribution is 2.13. The Balaban J connectivity index is 3.15. The van der Waals surface area contributed by atoms with Crippen LogP contribution in [0.15, 0.2) is 0 Å². The molecule has 0 heterocycles. The van der Waals surface area contributed by atoms with Gasteiger partial charge in [-0.15, -0.1) is 0 Å². The van der Waals surface area contributed by atoms with Crippen LogP contribution in [0.3, 0.4) is 0 Å². The van der Waals surface area contributed by atoms with E-state index in [1.165, 1.54) is 0 Å². The number of rotatable bonds is 1. The monoisotopic (exact) mass is 115 g/mol. The van der Waals surface area contributed by atoms with Crippen LogP contribution in [-0.2, 0) is 10.1 Å². The van der Waals surface area contributed by atoms with Crippen molar-refractivity contribution in [2.45, 2.75) is 6.18 Å². The number of halogens is 3. The highest BCUT2D eigenvalue weighted by Gasteiger charge is 2.27. The van der Waals surface area contributed by atoms with Crippen molar-refractivity contribution < 1.29 is 23.3 Å². The molecule has 2 nitrogen and oxygen atoms in total. The third-order valence-corrected chi connectivity index (χ3v) is 0.223. The molecule has 0 aliphatic rings. The molecule has 0 aromatic rings. The lowest BCUT2D eigenvalue weighted by Gasteiger charge is -1.97. The first-order valence-corrected chi connectivity index (χ1v) is 1.38. The van der Waals surface area contributed by atoms with Gasteiger partial charge in [-0.1, -0.05) is 0 Å². The van der Waals surface area contributed by atoms with E-state index in [4.69, 9.17) is 5.26 Å². The van der Waals surface area contributed by atoms with Crippen molar-refractivity contribution in [2.24, 2.45) is 0 Å². The van der Waals surface area contributed by atoms with Crippen LogP contribution in [0.5, 0.6) is 0 Å². The van der Waals surface area contributed by atoms with Crippen LogP contribution in [0.4, 0.5) is 13.2 Å². The van der Waals surface area contributed by atoms with Gasteiger partial charge in [0.2, 0.25) is 0 Å². The van der Waals surface area contributed by atoms with Crippen molar-refractivity contribution in [3.05, 3.63) is 0 Å². The summed E-state index contributed by atoms with van der Waals surface area (Å²) < 4.78 is 32.2. The fraction of sp³-hybridized carbons (Fsp3) is 1.00. The summed E-state index contributed by atoms with van der Waals surface area (Å²) >= 11 is 0. The summed E-state index contributed by atoms with van der Waals surface area (Å²) in [6, 6.07) is 0. The van der Waals surface area contributed by atoms with Crippen LogP contribution in [-0.4, -0.2) is 12.8 Å². The van der Waals surface area contributed by atoms with E-state index in [0.29, 0.717) is 0 Å². The predicted molar refractivity (Wildman–Crippen MR) is 12.7 cm³/mol. The Morgan fingerprint density at radius 3 is 1.86 bits per heavy atom. The molecule has 0 spiro atoms. The molecule has 0 fully saturated rings. The maximum absolute atomic E-state index is 10.7. The zero-order valence-electron chi connectivity index (χ0n) is 3.16. The first kappa shape index (κ1) is 6.71. The van der Waals surface area contributed by atoms with Crippen LogP contribution < -0.4 is 0 Å². The Hall–Kier alpha value is -0.290. The van der Waals surface area contributed by atoms with Crippen LogP contribution in [0.1, 0.15) is 0 Å². The van der Waals surface area contributed by atoms with Gasteiger partial charge in [-0.25, -0.2) is 0 Å². The molecule has 0 atom stereocenters. The smallest absolute Gasteiger partial charge is 0.194 e. The molecule has 0 N–H and O–H groups in total. The van der Waals surface area contributed by atoms with Crippen molar-refractivity contribution in [3.8, 4) is 0 Å². The normalized spacial score (nSPS) is 12.0. The summed E-state index contributed by atoms with van der Waals surface area (Å²) in [4.78, 5) is 2.53. The summed E-state index contributed by atoms with van der Waals surface area (Å²) in [6.07, 6.45) is -4.48. The van der Waals surface area contributed by atoms with Gasteiger partial charge in [0.25, 0.3) is 0 Å². The van der Waals surface area contributed by atoms with Gasteiger partial charge in [-0.2, -0.15) is 18.1 Å². The summed E-state index contributed by atoms with van der Waals surface area (Å²) in [6.45, 7) is -1.72. The first-order valence-electron chi connectivity index (χ1n) is 1.38. The zero-order chi connectivity index (χ0) is 5.91. The van der Waals surface area contributed by atoms with E-state index in [0.717, 1.165) is 0 Å². The van der Waals surface area contributed by atoms with Crippen molar-refractivity contribution in [1.29, 1.82) is 0 Å². The molecule has 0 aromatic carbocycles. The number of hydrogen-bond acceptors (Lipinski definition) is 1. The maximum atomic E-state index is 10.7. The molecule has 0 aliphatic carbocycles. The Kier molecular flexibility index (Phi) is 2.04. The van der Waals surface area contributed by atoms with Gasteiger partial charge in [0.1, 0.15) is 0 Å². The summed E-state index contributed by atoms with van der Waals surface area (Å²) in [5, 5.41) is 8.73. The lowest BCUT2D eigenvalue weighted by atomic mass is 10.7. The number of alkyl halides is 3. The third kappa shape index (κ3) is 5.71. The fourth-order valence-electron chi connectivity index (χ4n) is 0.0668. The van der Waals surface area contributed by atoms with Gasteiger partial charge in [0, 0.05) is 0 Å². The van der Waals surface area contributed by atoms with E-state index in [2.05, 4.69) is 4.89 Å². The number of hydrogen-bond donors (Lipinski definition) is 0. The van der Waals surface area contributed by atoms with Crippen molar-refractivity contribution in [2.75, 3.05) is 6.61 Å². The van der Waals surface area contributed by atoms with E-state index in [9.17, 15) is 13.2 Å². The van der Waals surface area contributed by atoms with Crippen LogP contribution >= 0.6 is 0 Å². The molecule has 0 aliphatic heterocycles. The topological polar surface area (TPSA) is 29.1 Å². The third-order valence-electron chi connectivity index (χ3n) is 0.223. The molecule has 0 aromatic heterocycles. The highest BCUT2D eigenvalue weighted by molar-refractivity contribution is 4.40. The molecule has 0 amide bonds. The van der Waals surface area contributed by atoms with Gasteiger partial charge >= 0.3 is 6.18 Å². The molecule has 0 saturated carbocycles. The largest absolute Gasteiger partial charge is 0.415 e.